The van der Waals surface area contributed by atoms with E-state index in [4.69, 9.17) is 0 Å². The van der Waals surface area contributed by atoms with Crippen molar-refractivity contribution >= 4 is 23.3 Å². The molecule has 1 aliphatic carbocycles. The molecular weight excluding hydrogens is 384 g/mol. The number of likely N-dealkylation sites (tertiary alicyclic amines) is 1. The molecule has 0 bridgehead atoms. The van der Waals surface area contributed by atoms with Crippen LogP contribution in [0, 0.1) is 0 Å². The highest BCUT2D eigenvalue weighted by molar-refractivity contribution is 7.10. The van der Waals surface area contributed by atoms with Gasteiger partial charge in [0.05, 0.1) is 0 Å². The maximum Gasteiger partial charge on any atom is 0.315 e. The first-order valence-electron chi connectivity index (χ1n) is 11.3. The molecule has 1 aromatic rings. The van der Waals surface area contributed by atoms with Crippen molar-refractivity contribution in [3.05, 3.63) is 21.9 Å². The predicted molar refractivity (Wildman–Crippen MR) is 116 cm³/mol. The first-order valence-corrected chi connectivity index (χ1v) is 12.2. The fourth-order valence-electron chi connectivity index (χ4n) is 4.83. The molecular formula is C22H34N4O2S. The van der Waals surface area contributed by atoms with Crippen LogP contribution in [0.4, 0.5) is 4.79 Å². The molecule has 1 aromatic heterocycles. The van der Waals surface area contributed by atoms with E-state index in [2.05, 4.69) is 27.0 Å². The van der Waals surface area contributed by atoms with Gasteiger partial charge in [0, 0.05) is 56.1 Å². The largest absolute Gasteiger partial charge is 0.338 e. The molecule has 6 nitrogen and oxygen atoms in total. The topological polar surface area (TPSA) is 64.7 Å². The van der Waals surface area contributed by atoms with Crippen LogP contribution in [0.25, 0.3) is 0 Å². The zero-order chi connectivity index (χ0) is 20.1. The van der Waals surface area contributed by atoms with Crippen molar-refractivity contribution in [3.8, 4) is 0 Å². The van der Waals surface area contributed by atoms with Crippen LogP contribution in [0.2, 0.25) is 0 Å². The Morgan fingerprint density at radius 1 is 1.00 bits per heavy atom. The van der Waals surface area contributed by atoms with Crippen LogP contribution >= 0.6 is 11.3 Å². The molecule has 0 aromatic carbocycles. The summed E-state index contributed by atoms with van der Waals surface area (Å²) in [5, 5.41) is 8.44. The number of nitrogens with one attached hydrogen (secondary N) is 2. The van der Waals surface area contributed by atoms with E-state index in [1.165, 1.54) is 29.7 Å². The maximum absolute atomic E-state index is 12.6. The third-order valence-corrected chi connectivity index (χ3v) is 7.69. The lowest BCUT2D eigenvalue weighted by molar-refractivity contribution is -0.132. The lowest BCUT2D eigenvalue weighted by Crippen LogP contribution is -2.50. The van der Waals surface area contributed by atoms with E-state index < -0.39 is 0 Å². The van der Waals surface area contributed by atoms with Gasteiger partial charge in [-0.15, -0.1) is 11.3 Å². The summed E-state index contributed by atoms with van der Waals surface area (Å²) in [6, 6.07) is 2.77. The van der Waals surface area contributed by atoms with Crippen LogP contribution in [0.1, 0.15) is 61.8 Å². The smallest absolute Gasteiger partial charge is 0.315 e. The number of hydrogen-bond acceptors (Lipinski definition) is 4. The molecule has 3 amide bonds. The molecule has 3 heterocycles. The summed E-state index contributed by atoms with van der Waals surface area (Å²) >= 11 is 1.81. The fourth-order valence-corrected chi connectivity index (χ4v) is 5.72. The summed E-state index contributed by atoms with van der Waals surface area (Å²) in [7, 11) is 0. The quantitative estimate of drug-likeness (QED) is 0.772. The third kappa shape index (κ3) is 5.72. The van der Waals surface area contributed by atoms with Crippen molar-refractivity contribution in [2.45, 2.75) is 76.4 Å². The second-order valence-corrected chi connectivity index (χ2v) is 9.75. The minimum absolute atomic E-state index is 0.00317. The van der Waals surface area contributed by atoms with Crippen LogP contribution in [0.5, 0.6) is 0 Å². The van der Waals surface area contributed by atoms with Gasteiger partial charge in [0.15, 0.2) is 0 Å². The van der Waals surface area contributed by atoms with E-state index >= 15 is 0 Å². The molecule has 3 aliphatic rings. The number of fused-ring (bicyclic) bond motifs is 1. The average Bonchev–Trinajstić information content (AvgIpc) is 3.21. The summed E-state index contributed by atoms with van der Waals surface area (Å²) in [6.07, 6.45) is 9.52. The molecule has 0 spiro atoms. The van der Waals surface area contributed by atoms with Gasteiger partial charge in [-0.05, 0) is 49.1 Å². The van der Waals surface area contributed by atoms with E-state index in [-0.39, 0.29) is 18.0 Å². The zero-order valence-electron chi connectivity index (χ0n) is 17.3. The zero-order valence-corrected chi connectivity index (χ0v) is 18.1. The molecule has 2 fully saturated rings. The number of amides is 3. The highest BCUT2D eigenvalue weighted by atomic mass is 32.1. The van der Waals surface area contributed by atoms with Crippen molar-refractivity contribution in [2.24, 2.45) is 0 Å². The Morgan fingerprint density at radius 2 is 1.72 bits per heavy atom. The Hall–Kier alpha value is -1.60. The van der Waals surface area contributed by atoms with Gasteiger partial charge < -0.3 is 20.4 Å². The van der Waals surface area contributed by atoms with Crippen molar-refractivity contribution < 1.29 is 9.59 Å². The fraction of sp³-hybridized carbons (Fsp3) is 0.727. The summed E-state index contributed by atoms with van der Waals surface area (Å²) < 4.78 is 0. The molecule has 2 N–H and O–H groups in total. The van der Waals surface area contributed by atoms with Gasteiger partial charge in [-0.3, -0.25) is 4.79 Å². The number of nitrogens with zero attached hydrogens (tertiary/aromatic N) is 2. The normalized spacial score (nSPS) is 21.6. The van der Waals surface area contributed by atoms with Crippen LogP contribution in [0.15, 0.2) is 11.4 Å². The van der Waals surface area contributed by atoms with Crippen molar-refractivity contribution in [2.75, 3.05) is 26.2 Å². The second kappa shape index (κ2) is 9.94. The molecule has 2 aliphatic heterocycles. The minimum atomic E-state index is 0.00317. The van der Waals surface area contributed by atoms with Crippen molar-refractivity contribution in [1.82, 2.24) is 20.4 Å². The standard InChI is InChI=1S/C22H34N4O2S/c27-21(26-14-8-20-17(16-26)10-15-29-20)9-13-25-11-6-19(7-12-25)24-22(28)23-18-4-2-1-3-5-18/h10,15,18-19H,1-9,11-14,16H2,(H2,23,24,28). The predicted octanol–water partition coefficient (Wildman–Crippen LogP) is 3.12. The van der Waals surface area contributed by atoms with Crippen molar-refractivity contribution in [1.29, 1.82) is 0 Å². The molecule has 4 rings (SSSR count). The number of piperidine rings is 1. The highest BCUT2D eigenvalue weighted by Gasteiger charge is 2.25. The van der Waals surface area contributed by atoms with E-state index in [9.17, 15) is 9.59 Å². The number of rotatable bonds is 5. The molecule has 160 valence electrons. The molecule has 7 heteroatoms. The van der Waals surface area contributed by atoms with Gasteiger partial charge in [-0.25, -0.2) is 4.79 Å². The van der Waals surface area contributed by atoms with Crippen molar-refractivity contribution in [3.63, 3.8) is 0 Å². The van der Waals surface area contributed by atoms with Gasteiger partial charge in [0.1, 0.15) is 0 Å². The summed E-state index contributed by atoms with van der Waals surface area (Å²) in [6.45, 7) is 4.37. The number of carbonyl (C=O) groups excluding carboxylic acids is 2. The molecule has 0 unspecified atom stereocenters. The van der Waals surface area contributed by atoms with Crippen LogP contribution in [0.3, 0.4) is 0 Å². The minimum Gasteiger partial charge on any atom is -0.338 e. The van der Waals surface area contributed by atoms with E-state index in [1.54, 1.807) is 0 Å². The molecule has 1 saturated carbocycles. The van der Waals surface area contributed by atoms with Crippen LogP contribution in [-0.4, -0.2) is 60.0 Å². The SMILES string of the molecule is O=C(NC1CCCCC1)NC1CCN(CCC(=O)N2CCc3sccc3C2)CC1. The second-order valence-electron chi connectivity index (χ2n) is 8.75. The lowest BCUT2D eigenvalue weighted by Gasteiger charge is -2.33. The average molecular weight is 419 g/mol. The van der Waals surface area contributed by atoms with Crippen LogP contribution in [-0.2, 0) is 17.8 Å². The summed E-state index contributed by atoms with van der Waals surface area (Å²) in [5.74, 6) is 0.272. The molecule has 0 atom stereocenters. The third-order valence-electron chi connectivity index (χ3n) is 6.67. The summed E-state index contributed by atoms with van der Waals surface area (Å²) in [5.41, 5.74) is 1.33. The van der Waals surface area contributed by atoms with Crippen LogP contribution < -0.4 is 10.6 Å². The number of carbonyl (C=O) groups is 2. The monoisotopic (exact) mass is 418 g/mol. The number of urea groups is 1. The van der Waals surface area contributed by atoms with Gasteiger partial charge in [0.2, 0.25) is 5.91 Å². The Morgan fingerprint density at radius 3 is 2.48 bits per heavy atom. The Balaban J connectivity index is 1.12. The first-order chi connectivity index (χ1) is 14.2. The van der Waals surface area contributed by atoms with E-state index in [0.717, 1.165) is 64.8 Å². The first kappa shape index (κ1) is 20.7. The highest BCUT2D eigenvalue weighted by Crippen LogP contribution is 2.24. The van der Waals surface area contributed by atoms with E-state index in [0.29, 0.717) is 12.5 Å². The molecule has 29 heavy (non-hydrogen) atoms. The Labute approximate surface area is 178 Å². The van der Waals surface area contributed by atoms with Gasteiger partial charge >= 0.3 is 6.03 Å². The van der Waals surface area contributed by atoms with E-state index in [1.807, 2.05) is 16.2 Å². The molecule has 1 saturated heterocycles. The number of thiophene rings is 1. The summed E-state index contributed by atoms with van der Waals surface area (Å²) in [4.78, 5) is 30.7. The number of hydrogen-bond donors (Lipinski definition) is 2. The molecule has 0 radical (unpaired) electrons. The Bertz CT molecular complexity index is 693. The lowest BCUT2D eigenvalue weighted by atomic mass is 9.96. The maximum atomic E-state index is 12.6. The van der Waals surface area contributed by atoms with Gasteiger partial charge in [-0.1, -0.05) is 19.3 Å². The van der Waals surface area contributed by atoms with Gasteiger partial charge in [0.25, 0.3) is 0 Å². The Kier molecular flexibility index (Phi) is 7.08. The van der Waals surface area contributed by atoms with Gasteiger partial charge in [-0.2, -0.15) is 0 Å².